The van der Waals surface area contributed by atoms with E-state index in [-0.39, 0.29) is 11.9 Å². The summed E-state index contributed by atoms with van der Waals surface area (Å²) in [6.07, 6.45) is 4.69. The molecule has 122 valence electrons. The van der Waals surface area contributed by atoms with Gasteiger partial charge in [0.1, 0.15) is 6.04 Å². The van der Waals surface area contributed by atoms with Crippen LogP contribution < -0.4 is 10.6 Å². The quantitative estimate of drug-likeness (QED) is 0.673. The zero-order valence-corrected chi connectivity index (χ0v) is 13.7. The molecule has 0 heterocycles. The van der Waals surface area contributed by atoms with E-state index in [2.05, 4.69) is 24.5 Å². The summed E-state index contributed by atoms with van der Waals surface area (Å²) in [4.78, 5) is 23.4. The highest BCUT2D eigenvalue weighted by Crippen LogP contribution is 2.29. The Hall–Kier alpha value is -1.10. The highest BCUT2D eigenvalue weighted by atomic mass is 16.4. The molecule has 5 heteroatoms. The molecule has 0 aromatic heterocycles. The van der Waals surface area contributed by atoms with Crippen LogP contribution in [0.2, 0.25) is 0 Å². The second kappa shape index (κ2) is 8.37. The van der Waals surface area contributed by atoms with Gasteiger partial charge in [0, 0.05) is 6.04 Å². The summed E-state index contributed by atoms with van der Waals surface area (Å²) in [5, 5.41) is 15.2. The summed E-state index contributed by atoms with van der Waals surface area (Å²) in [6.45, 7) is 8.09. The number of carbonyl (C=O) groups is 2. The van der Waals surface area contributed by atoms with Crippen molar-refractivity contribution in [3.63, 3.8) is 0 Å². The molecule has 5 atom stereocenters. The molecule has 1 fully saturated rings. The van der Waals surface area contributed by atoms with Gasteiger partial charge >= 0.3 is 5.97 Å². The van der Waals surface area contributed by atoms with Crippen LogP contribution in [0.4, 0.5) is 0 Å². The van der Waals surface area contributed by atoms with Gasteiger partial charge in [-0.2, -0.15) is 0 Å². The van der Waals surface area contributed by atoms with E-state index in [4.69, 9.17) is 5.11 Å². The van der Waals surface area contributed by atoms with Gasteiger partial charge in [-0.1, -0.05) is 40.0 Å². The largest absolute Gasteiger partial charge is 0.480 e. The van der Waals surface area contributed by atoms with Crippen LogP contribution >= 0.6 is 0 Å². The number of rotatable bonds is 7. The second-order valence-electron chi connectivity index (χ2n) is 6.45. The summed E-state index contributed by atoms with van der Waals surface area (Å²) >= 11 is 0. The van der Waals surface area contributed by atoms with Gasteiger partial charge in [0.15, 0.2) is 0 Å². The van der Waals surface area contributed by atoms with Gasteiger partial charge < -0.3 is 10.4 Å². The van der Waals surface area contributed by atoms with Gasteiger partial charge in [0.25, 0.3) is 0 Å². The summed E-state index contributed by atoms with van der Waals surface area (Å²) in [5.74, 6) is 0.111. The van der Waals surface area contributed by atoms with Crippen LogP contribution in [0.15, 0.2) is 0 Å². The zero-order chi connectivity index (χ0) is 16.0. The number of carboxylic acids is 1. The molecule has 1 saturated carbocycles. The minimum Gasteiger partial charge on any atom is -0.480 e. The molecule has 1 aliphatic carbocycles. The molecule has 5 nitrogen and oxygen atoms in total. The average molecular weight is 298 g/mol. The normalized spacial score (nSPS) is 28.7. The Morgan fingerprint density at radius 1 is 1.29 bits per heavy atom. The molecule has 1 rings (SSSR count). The van der Waals surface area contributed by atoms with Crippen LogP contribution in [-0.4, -0.2) is 35.1 Å². The van der Waals surface area contributed by atoms with E-state index in [0.29, 0.717) is 18.3 Å². The number of aliphatic carboxylic acids is 1. The molecular formula is C16H30N2O3. The molecule has 1 amide bonds. The molecule has 0 radical (unpaired) electrons. The van der Waals surface area contributed by atoms with Crippen LogP contribution in [-0.2, 0) is 9.59 Å². The Morgan fingerprint density at radius 2 is 1.95 bits per heavy atom. The third-order valence-electron chi connectivity index (χ3n) is 4.75. The maximum atomic E-state index is 12.3. The third kappa shape index (κ3) is 5.30. The third-order valence-corrected chi connectivity index (χ3v) is 4.75. The predicted molar refractivity (Wildman–Crippen MR) is 83.0 cm³/mol. The smallest absolute Gasteiger partial charge is 0.320 e. The van der Waals surface area contributed by atoms with Crippen molar-refractivity contribution in [3.05, 3.63) is 0 Å². The fourth-order valence-electron chi connectivity index (χ4n) is 3.04. The Kier molecular flexibility index (Phi) is 7.15. The van der Waals surface area contributed by atoms with Gasteiger partial charge in [-0.3, -0.25) is 14.9 Å². The minimum atomic E-state index is -0.892. The monoisotopic (exact) mass is 298 g/mol. The Morgan fingerprint density at radius 3 is 2.52 bits per heavy atom. The number of hydrogen-bond donors (Lipinski definition) is 3. The van der Waals surface area contributed by atoms with E-state index in [1.54, 1.807) is 6.92 Å². The van der Waals surface area contributed by atoms with Gasteiger partial charge in [-0.05, 0) is 31.6 Å². The van der Waals surface area contributed by atoms with Crippen LogP contribution in [0.5, 0.6) is 0 Å². The van der Waals surface area contributed by atoms with Gasteiger partial charge in [0.2, 0.25) is 5.91 Å². The zero-order valence-electron chi connectivity index (χ0n) is 13.7. The predicted octanol–water partition coefficient (Wildman–Crippen LogP) is 2.16. The van der Waals surface area contributed by atoms with Crippen molar-refractivity contribution in [3.8, 4) is 0 Å². The summed E-state index contributed by atoms with van der Waals surface area (Å²) in [5.41, 5.74) is 0. The highest BCUT2D eigenvalue weighted by molar-refractivity contribution is 5.83. The molecule has 0 saturated heterocycles. The van der Waals surface area contributed by atoms with Crippen molar-refractivity contribution in [1.29, 1.82) is 0 Å². The molecule has 5 unspecified atom stereocenters. The fraction of sp³-hybridized carbons (Fsp3) is 0.875. The maximum Gasteiger partial charge on any atom is 0.320 e. The van der Waals surface area contributed by atoms with Crippen molar-refractivity contribution < 1.29 is 14.7 Å². The van der Waals surface area contributed by atoms with Crippen LogP contribution in [0.25, 0.3) is 0 Å². The van der Waals surface area contributed by atoms with Crippen LogP contribution in [0, 0.1) is 11.8 Å². The van der Waals surface area contributed by atoms with E-state index in [9.17, 15) is 9.59 Å². The van der Waals surface area contributed by atoms with Crippen molar-refractivity contribution in [2.45, 2.75) is 77.9 Å². The molecular weight excluding hydrogens is 268 g/mol. The Balaban J connectivity index is 2.51. The molecule has 0 aromatic carbocycles. The Bertz CT molecular complexity index is 359. The van der Waals surface area contributed by atoms with Crippen molar-refractivity contribution in [2.24, 2.45) is 11.8 Å². The summed E-state index contributed by atoms with van der Waals surface area (Å²) < 4.78 is 0. The number of carboxylic acid groups (broad SMARTS) is 1. The Labute approximate surface area is 127 Å². The van der Waals surface area contributed by atoms with E-state index in [1.807, 2.05) is 6.92 Å². The first-order valence-corrected chi connectivity index (χ1v) is 8.16. The number of hydrogen-bond acceptors (Lipinski definition) is 3. The van der Waals surface area contributed by atoms with Gasteiger partial charge in [0.05, 0.1) is 6.04 Å². The van der Waals surface area contributed by atoms with E-state index >= 15 is 0 Å². The van der Waals surface area contributed by atoms with Gasteiger partial charge in [-0.25, -0.2) is 0 Å². The summed E-state index contributed by atoms with van der Waals surface area (Å²) in [7, 11) is 0. The number of nitrogens with one attached hydrogen (secondary N) is 2. The average Bonchev–Trinajstić information content (AvgIpc) is 2.43. The first-order chi connectivity index (χ1) is 9.86. The molecule has 0 aliphatic heterocycles. The lowest BCUT2D eigenvalue weighted by atomic mass is 9.78. The fourth-order valence-corrected chi connectivity index (χ4v) is 3.04. The van der Waals surface area contributed by atoms with Gasteiger partial charge in [-0.15, -0.1) is 0 Å². The molecule has 1 aliphatic rings. The first-order valence-electron chi connectivity index (χ1n) is 8.16. The SMILES string of the molecule is CCCC(NC(C)C(=O)NC1CCCC(C)C1C)C(=O)O. The number of carbonyl (C=O) groups excluding carboxylic acids is 1. The maximum absolute atomic E-state index is 12.3. The molecule has 0 bridgehead atoms. The molecule has 0 spiro atoms. The van der Waals surface area contributed by atoms with E-state index in [1.165, 1.54) is 6.42 Å². The molecule has 0 aromatic rings. The summed E-state index contributed by atoms with van der Waals surface area (Å²) in [6, 6.07) is -0.930. The molecule has 21 heavy (non-hydrogen) atoms. The lowest BCUT2D eigenvalue weighted by Gasteiger charge is -2.35. The highest BCUT2D eigenvalue weighted by Gasteiger charge is 2.30. The van der Waals surface area contributed by atoms with E-state index < -0.39 is 18.1 Å². The van der Waals surface area contributed by atoms with Crippen molar-refractivity contribution in [1.82, 2.24) is 10.6 Å². The topological polar surface area (TPSA) is 78.4 Å². The van der Waals surface area contributed by atoms with E-state index in [0.717, 1.165) is 19.3 Å². The number of amides is 1. The lowest BCUT2D eigenvalue weighted by Crippen LogP contribution is -2.53. The lowest BCUT2D eigenvalue weighted by molar-refractivity contribution is -0.140. The van der Waals surface area contributed by atoms with Crippen LogP contribution in [0.1, 0.15) is 59.8 Å². The van der Waals surface area contributed by atoms with Crippen molar-refractivity contribution in [2.75, 3.05) is 0 Å². The minimum absolute atomic E-state index is 0.0942. The molecule has 3 N–H and O–H groups in total. The second-order valence-corrected chi connectivity index (χ2v) is 6.45. The van der Waals surface area contributed by atoms with Crippen LogP contribution in [0.3, 0.4) is 0 Å². The van der Waals surface area contributed by atoms with Crippen molar-refractivity contribution >= 4 is 11.9 Å². The standard InChI is InChI=1S/C16H30N2O3/c1-5-7-14(16(20)21)17-12(4)15(19)18-13-9-6-8-10(2)11(13)3/h10-14,17H,5-9H2,1-4H3,(H,18,19)(H,20,21). The first kappa shape index (κ1) is 18.0.